The van der Waals surface area contributed by atoms with Gasteiger partial charge in [0, 0.05) is 24.7 Å². The van der Waals surface area contributed by atoms with E-state index >= 15 is 0 Å². The van der Waals surface area contributed by atoms with E-state index in [1.165, 1.54) is 14.2 Å². The van der Waals surface area contributed by atoms with Gasteiger partial charge in [0.25, 0.3) is 0 Å². The molecular formula is C29H29N3O5. The molecule has 1 atom stereocenters. The van der Waals surface area contributed by atoms with Crippen LogP contribution in [0, 0.1) is 11.3 Å². The molecule has 37 heavy (non-hydrogen) atoms. The first-order chi connectivity index (χ1) is 17.8. The molecular weight excluding hydrogens is 470 g/mol. The first-order valence-electron chi connectivity index (χ1n) is 11.9. The number of ether oxygens (including phenoxy) is 3. The summed E-state index contributed by atoms with van der Waals surface area (Å²) in [6, 6.07) is 16.6. The maximum absolute atomic E-state index is 11.9. The maximum atomic E-state index is 11.9. The van der Waals surface area contributed by atoms with Crippen molar-refractivity contribution in [3.63, 3.8) is 0 Å². The van der Waals surface area contributed by atoms with Crippen molar-refractivity contribution in [2.75, 3.05) is 27.3 Å². The van der Waals surface area contributed by atoms with Crippen LogP contribution in [0.25, 0.3) is 6.08 Å². The molecule has 0 fully saturated rings. The second-order valence-electron chi connectivity index (χ2n) is 9.17. The lowest BCUT2D eigenvalue weighted by Gasteiger charge is -2.40. The molecule has 8 heteroatoms. The van der Waals surface area contributed by atoms with E-state index in [2.05, 4.69) is 24.8 Å². The molecule has 0 aromatic heterocycles. The molecule has 8 nitrogen and oxygen atoms in total. The average Bonchev–Trinajstić information content (AvgIpc) is 2.92. The van der Waals surface area contributed by atoms with Gasteiger partial charge in [0.2, 0.25) is 5.88 Å². The standard InChI is InChI=1S/C29H29N3O5/c1-17(2)32-15-22(13-18-5-7-20(8-6-18)28(33)35-3)26-24(16-32)25(23(14-30)27(31)37-26)19-9-11-21(12-10-19)29(34)36-4/h5-13,17,25H,15-16,31H2,1-4H3/b22-13+. The Morgan fingerprint density at radius 3 is 2.11 bits per heavy atom. The predicted molar refractivity (Wildman–Crippen MR) is 138 cm³/mol. The molecule has 0 bridgehead atoms. The number of hydrogen-bond acceptors (Lipinski definition) is 8. The fraction of sp³-hybridized carbons (Fsp3) is 0.276. The normalized spacial score (nSPS) is 18.8. The number of nitrogens with zero attached hydrogens (tertiary/aromatic N) is 2. The number of benzene rings is 2. The molecule has 0 radical (unpaired) electrons. The summed E-state index contributed by atoms with van der Waals surface area (Å²) in [7, 11) is 2.68. The number of esters is 2. The van der Waals surface area contributed by atoms with Crippen molar-refractivity contribution >= 4 is 18.0 Å². The molecule has 0 amide bonds. The molecule has 0 saturated heterocycles. The highest BCUT2D eigenvalue weighted by molar-refractivity contribution is 5.90. The maximum Gasteiger partial charge on any atom is 0.337 e. The van der Waals surface area contributed by atoms with Gasteiger partial charge in [-0.25, -0.2) is 9.59 Å². The third-order valence-corrected chi connectivity index (χ3v) is 6.63. The van der Waals surface area contributed by atoms with Gasteiger partial charge in [0.1, 0.15) is 17.4 Å². The highest BCUT2D eigenvalue weighted by Gasteiger charge is 2.38. The number of hydrogen-bond donors (Lipinski definition) is 1. The lowest BCUT2D eigenvalue weighted by atomic mass is 9.79. The van der Waals surface area contributed by atoms with Crippen LogP contribution >= 0.6 is 0 Å². The predicted octanol–water partition coefficient (Wildman–Crippen LogP) is 4.13. The first-order valence-corrected chi connectivity index (χ1v) is 11.9. The molecule has 2 N–H and O–H groups in total. The Kier molecular flexibility index (Phi) is 7.46. The lowest BCUT2D eigenvalue weighted by molar-refractivity contribution is 0.0592. The van der Waals surface area contributed by atoms with Crippen LogP contribution in [0.4, 0.5) is 0 Å². The summed E-state index contributed by atoms with van der Waals surface area (Å²) >= 11 is 0. The number of methoxy groups -OCH3 is 2. The fourth-order valence-electron chi connectivity index (χ4n) is 4.61. The molecule has 2 aromatic carbocycles. The summed E-state index contributed by atoms with van der Waals surface area (Å²) in [5.41, 5.74) is 11.0. The monoisotopic (exact) mass is 499 g/mol. The number of carbonyl (C=O) groups is 2. The van der Waals surface area contributed by atoms with Crippen LogP contribution in [0.15, 0.2) is 76.9 Å². The van der Waals surface area contributed by atoms with Crippen molar-refractivity contribution < 1.29 is 23.8 Å². The molecule has 4 rings (SSSR count). The molecule has 2 heterocycles. The molecule has 2 aliphatic heterocycles. The minimum absolute atomic E-state index is 0.0632. The molecule has 190 valence electrons. The summed E-state index contributed by atoms with van der Waals surface area (Å²) < 4.78 is 15.7. The second kappa shape index (κ2) is 10.7. The molecule has 0 spiro atoms. The van der Waals surface area contributed by atoms with E-state index in [0.29, 0.717) is 35.5 Å². The average molecular weight is 500 g/mol. The Bertz CT molecular complexity index is 1350. The van der Waals surface area contributed by atoms with Crippen LogP contribution in [0.1, 0.15) is 51.6 Å². The Balaban J connectivity index is 1.81. The van der Waals surface area contributed by atoms with Gasteiger partial charge < -0.3 is 19.9 Å². The van der Waals surface area contributed by atoms with Crippen LogP contribution in [0.5, 0.6) is 0 Å². The Morgan fingerprint density at radius 1 is 1.03 bits per heavy atom. The van der Waals surface area contributed by atoms with E-state index < -0.39 is 17.9 Å². The summed E-state index contributed by atoms with van der Waals surface area (Å²) in [5.74, 6) is -0.541. The highest BCUT2D eigenvalue weighted by atomic mass is 16.5. The van der Waals surface area contributed by atoms with E-state index in [9.17, 15) is 14.9 Å². The zero-order valence-corrected chi connectivity index (χ0v) is 21.3. The largest absolute Gasteiger partial charge is 0.465 e. The summed E-state index contributed by atoms with van der Waals surface area (Å²) in [6.07, 6.45) is 2.01. The smallest absolute Gasteiger partial charge is 0.337 e. The lowest BCUT2D eigenvalue weighted by Crippen LogP contribution is -2.41. The second-order valence-corrected chi connectivity index (χ2v) is 9.17. The molecule has 0 aliphatic carbocycles. The minimum Gasteiger partial charge on any atom is -0.465 e. The van der Waals surface area contributed by atoms with Crippen LogP contribution in [-0.4, -0.2) is 50.2 Å². The number of rotatable bonds is 5. The first kappa shape index (κ1) is 25.7. The molecule has 1 unspecified atom stereocenters. The van der Waals surface area contributed by atoms with Crippen LogP contribution < -0.4 is 5.73 Å². The van der Waals surface area contributed by atoms with Gasteiger partial charge in [-0.05, 0) is 60.9 Å². The van der Waals surface area contributed by atoms with Gasteiger partial charge in [-0.15, -0.1) is 0 Å². The van der Waals surface area contributed by atoms with Crippen LogP contribution in [0.3, 0.4) is 0 Å². The fourth-order valence-corrected chi connectivity index (χ4v) is 4.61. The number of nitrogens with two attached hydrogens (primary N) is 1. The zero-order chi connectivity index (χ0) is 26.7. The van der Waals surface area contributed by atoms with Gasteiger partial charge >= 0.3 is 11.9 Å². The van der Waals surface area contributed by atoms with E-state index in [1.54, 1.807) is 24.3 Å². The van der Waals surface area contributed by atoms with E-state index in [4.69, 9.17) is 19.9 Å². The minimum atomic E-state index is -0.430. The summed E-state index contributed by atoms with van der Waals surface area (Å²) in [5, 5.41) is 10.0. The zero-order valence-electron chi connectivity index (χ0n) is 21.3. The summed E-state index contributed by atoms with van der Waals surface area (Å²) in [6.45, 7) is 5.45. The van der Waals surface area contributed by atoms with Crippen molar-refractivity contribution in [2.45, 2.75) is 25.8 Å². The Morgan fingerprint density at radius 2 is 1.59 bits per heavy atom. The van der Waals surface area contributed by atoms with Crippen molar-refractivity contribution in [1.29, 1.82) is 5.26 Å². The van der Waals surface area contributed by atoms with Gasteiger partial charge in [-0.2, -0.15) is 5.26 Å². The van der Waals surface area contributed by atoms with Crippen LogP contribution in [-0.2, 0) is 14.2 Å². The third kappa shape index (κ3) is 5.13. The summed E-state index contributed by atoms with van der Waals surface area (Å²) in [4.78, 5) is 26.1. The van der Waals surface area contributed by atoms with Gasteiger partial charge in [-0.3, -0.25) is 4.90 Å². The van der Waals surface area contributed by atoms with E-state index in [0.717, 1.165) is 22.3 Å². The topological polar surface area (TPSA) is 115 Å². The Labute approximate surface area is 216 Å². The SMILES string of the molecule is COC(=O)c1ccc(/C=C2\CN(C(C)C)CC3=C2OC(N)=C(C#N)C3c2ccc(C(=O)OC)cc2)cc1. The number of carbonyl (C=O) groups excluding carboxylic acids is 2. The molecule has 2 aliphatic rings. The van der Waals surface area contributed by atoms with E-state index in [1.807, 2.05) is 30.3 Å². The van der Waals surface area contributed by atoms with Crippen LogP contribution in [0.2, 0.25) is 0 Å². The highest BCUT2D eigenvalue weighted by Crippen LogP contribution is 2.44. The van der Waals surface area contributed by atoms with Crippen molar-refractivity contribution in [3.8, 4) is 6.07 Å². The molecule has 0 saturated carbocycles. The third-order valence-electron chi connectivity index (χ3n) is 6.63. The van der Waals surface area contributed by atoms with Gasteiger partial charge in [-0.1, -0.05) is 24.3 Å². The van der Waals surface area contributed by atoms with Crippen molar-refractivity contribution in [1.82, 2.24) is 4.90 Å². The van der Waals surface area contributed by atoms with Crippen molar-refractivity contribution in [3.05, 3.63) is 99.1 Å². The quantitative estimate of drug-likeness (QED) is 0.611. The van der Waals surface area contributed by atoms with Gasteiger partial charge in [0.05, 0.1) is 31.3 Å². The van der Waals surface area contributed by atoms with Crippen molar-refractivity contribution in [2.24, 2.45) is 5.73 Å². The number of nitriles is 1. The van der Waals surface area contributed by atoms with E-state index in [-0.39, 0.29) is 11.9 Å². The Hall–Kier alpha value is -4.35. The number of allylic oxidation sites excluding steroid dienone is 1. The van der Waals surface area contributed by atoms with Gasteiger partial charge in [0.15, 0.2) is 0 Å². The molecule has 2 aromatic rings.